The Morgan fingerprint density at radius 2 is 2.33 bits per heavy atom. The van der Waals surface area contributed by atoms with E-state index in [1.807, 2.05) is 11.3 Å². The van der Waals surface area contributed by atoms with Crippen molar-refractivity contribution >= 4 is 39.7 Å². The molecular weight excluding hydrogens is 258 g/mol. The lowest BCUT2D eigenvalue weighted by atomic mass is 10.2. The van der Waals surface area contributed by atoms with Crippen LogP contribution in [-0.4, -0.2) is 6.54 Å². The third kappa shape index (κ3) is 2.22. The highest BCUT2D eigenvalue weighted by atomic mass is 79.9. The van der Waals surface area contributed by atoms with Gasteiger partial charge in [-0.2, -0.15) is 0 Å². The van der Waals surface area contributed by atoms with Crippen LogP contribution in [0.3, 0.4) is 0 Å². The van der Waals surface area contributed by atoms with Crippen molar-refractivity contribution in [1.29, 1.82) is 0 Å². The molecule has 0 saturated carbocycles. The van der Waals surface area contributed by atoms with Crippen molar-refractivity contribution in [3.8, 4) is 0 Å². The molecule has 0 aliphatic carbocycles. The minimum atomic E-state index is 0. The summed E-state index contributed by atoms with van der Waals surface area (Å²) in [7, 11) is 0. The molecule has 1 saturated heterocycles. The normalized spacial score (nSPS) is 22.2. The number of halogens is 2. The van der Waals surface area contributed by atoms with Crippen molar-refractivity contribution < 1.29 is 0 Å². The van der Waals surface area contributed by atoms with Crippen LogP contribution in [0, 0.1) is 0 Å². The van der Waals surface area contributed by atoms with Crippen LogP contribution in [0.5, 0.6) is 0 Å². The van der Waals surface area contributed by atoms with E-state index in [9.17, 15) is 0 Å². The largest absolute Gasteiger partial charge is 0.309 e. The Bertz CT molecular complexity index is 245. The van der Waals surface area contributed by atoms with Crippen molar-refractivity contribution in [3.63, 3.8) is 0 Å². The highest BCUT2D eigenvalue weighted by Gasteiger charge is 2.16. The molecule has 1 aliphatic heterocycles. The summed E-state index contributed by atoms with van der Waals surface area (Å²) in [6, 6.07) is 4.96. The first-order chi connectivity index (χ1) is 5.36. The van der Waals surface area contributed by atoms with Crippen LogP contribution in [-0.2, 0) is 0 Å². The molecule has 4 heteroatoms. The summed E-state index contributed by atoms with van der Waals surface area (Å²) in [6.45, 7) is 1.18. The monoisotopic (exact) mass is 267 g/mol. The predicted molar refractivity (Wildman–Crippen MR) is 59.2 cm³/mol. The fourth-order valence-electron chi connectivity index (χ4n) is 1.44. The molecule has 68 valence electrons. The zero-order chi connectivity index (χ0) is 7.68. The zero-order valence-electron chi connectivity index (χ0n) is 6.55. The lowest BCUT2D eigenvalue weighted by molar-refractivity contribution is 0.660. The highest BCUT2D eigenvalue weighted by Crippen LogP contribution is 2.31. The molecule has 1 aromatic rings. The maximum Gasteiger partial charge on any atom is 0.0701 e. The van der Waals surface area contributed by atoms with Gasteiger partial charge >= 0.3 is 0 Å². The first kappa shape index (κ1) is 10.5. The minimum Gasteiger partial charge on any atom is -0.309 e. The molecule has 1 atom stereocenters. The lowest BCUT2D eigenvalue weighted by Crippen LogP contribution is -2.11. The Balaban J connectivity index is 0.000000720. The smallest absolute Gasteiger partial charge is 0.0701 e. The van der Waals surface area contributed by atoms with Gasteiger partial charge in [0.2, 0.25) is 0 Å². The van der Waals surface area contributed by atoms with Gasteiger partial charge in [0.15, 0.2) is 0 Å². The molecule has 12 heavy (non-hydrogen) atoms. The molecule has 1 aliphatic rings. The van der Waals surface area contributed by atoms with E-state index in [0.29, 0.717) is 6.04 Å². The first-order valence-electron chi connectivity index (χ1n) is 3.85. The van der Waals surface area contributed by atoms with E-state index in [0.717, 1.165) is 0 Å². The summed E-state index contributed by atoms with van der Waals surface area (Å²) in [4.78, 5) is 1.47. The lowest BCUT2D eigenvalue weighted by Gasteiger charge is -2.05. The predicted octanol–water partition coefficient (Wildman–Crippen LogP) is 3.36. The zero-order valence-corrected chi connectivity index (χ0v) is 9.77. The van der Waals surface area contributed by atoms with Crippen molar-refractivity contribution in [3.05, 3.63) is 20.8 Å². The first-order valence-corrected chi connectivity index (χ1v) is 5.46. The second kappa shape index (κ2) is 4.61. The van der Waals surface area contributed by atoms with Gasteiger partial charge in [-0.3, -0.25) is 0 Å². The summed E-state index contributed by atoms with van der Waals surface area (Å²) < 4.78 is 1.24. The Labute approximate surface area is 91.1 Å². The molecule has 1 aromatic heterocycles. The van der Waals surface area contributed by atoms with Crippen LogP contribution >= 0.6 is 39.7 Å². The fraction of sp³-hybridized carbons (Fsp3) is 0.500. The van der Waals surface area contributed by atoms with Crippen molar-refractivity contribution in [2.24, 2.45) is 0 Å². The molecule has 1 nitrogen and oxygen atoms in total. The van der Waals surface area contributed by atoms with Gasteiger partial charge in [-0.15, -0.1) is 23.7 Å². The number of thiophene rings is 1. The number of rotatable bonds is 1. The molecule has 1 unspecified atom stereocenters. The second-order valence-electron chi connectivity index (χ2n) is 2.79. The Morgan fingerprint density at radius 1 is 1.50 bits per heavy atom. The van der Waals surface area contributed by atoms with Crippen LogP contribution in [0.4, 0.5) is 0 Å². The van der Waals surface area contributed by atoms with Gasteiger partial charge in [0.25, 0.3) is 0 Å². The minimum absolute atomic E-state index is 0. The molecule has 1 N–H and O–H groups in total. The number of hydrogen-bond donors (Lipinski definition) is 1. The number of hydrogen-bond acceptors (Lipinski definition) is 2. The van der Waals surface area contributed by atoms with Crippen LogP contribution in [0.15, 0.2) is 15.9 Å². The van der Waals surface area contributed by atoms with Crippen LogP contribution in [0.1, 0.15) is 23.8 Å². The quantitative estimate of drug-likeness (QED) is 0.823. The van der Waals surface area contributed by atoms with E-state index in [1.165, 1.54) is 28.0 Å². The molecular formula is C8H11BrClNS. The number of nitrogens with one attached hydrogen (secondary N) is 1. The van der Waals surface area contributed by atoms with Gasteiger partial charge in [0, 0.05) is 10.9 Å². The molecule has 0 radical (unpaired) electrons. The summed E-state index contributed by atoms with van der Waals surface area (Å²) in [6.07, 6.45) is 2.62. The van der Waals surface area contributed by atoms with Gasteiger partial charge in [0.1, 0.15) is 0 Å². The van der Waals surface area contributed by atoms with Crippen LogP contribution in [0.2, 0.25) is 0 Å². The summed E-state index contributed by atoms with van der Waals surface area (Å²) >= 11 is 5.31. The average molecular weight is 269 g/mol. The summed E-state index contributed by atoms with van der Waals surface area (Å²) in [5.41, 5.74) is 0. The van der Waals surface area contributed by atoms with Crippen LogP contribution in [0.25, 0.3) is 0 Å². The van der Waals surface area contributed by atoms with Crippen molar-refractivity contribution in [2.75, 3.05) is 6.54 Å². The van der Waals surface area contributed by atoms with E-state index in [2.05, 4.69) is 33.4 Å². The van der Waals surface area contributed by atoms with Crippen molar-refractivity contribution in [1.82, 2.24) is 5.32 Å². The van der Waals surface area contributed by atoms with E-state index in [-0.39, 0.29) is 12.4 Å². The summed E-state index contributed by atoms with van der Waals surface area (Å²) in [5.74, 6) is 0. The van der Waals surface area contributed by atoms with E-state index in [1.54, 1.807) is 0 Å². The molecule has 0 amide bonds. The van der Waals surface area contributed by atoms with E-state index < -0.39 is 0 Å². The third-order valence-electron chi connectivity index (χ3n) is 2.00. The topological polar surface area (TPSA) is 12.0 Å². The van der Waals surface area contributed by atoms with Gasteiger partial charge in [-0.1, -0.05) is 0 Å². The van der Waals surface area contributed by atoms with Gasteiger partial charge in [0.05, 0.1) is 3.79 Å². The van der Waals surface area contributed by atoms with Gasteiger partial charge in [-0.25, -0.2) is 0 Å². The van der Waals surface area contributed by atoms with Crippen LogP contribution < -0.4 is 5.32 Å². The highest BCUT2D eigenvalue weighted by molar-refractivity contribution is 9.11. The van der Waals surface area contributed by atoms with E-state index >= 15 is 0 Å². The fourth-order valence-corrected chi connectivity index (χ4v) is 2.98. The SMILES string of the molecule is Brc1ccc(C2CCCN2)s1.Cl. The second-order valence-corrected chi connectivity index (χ2v) is 5.29. The van der Waals surface area contributed by atoms with Gasteiger partial charge in [-0.05, 0) is 47.4 Å². The van der Waals surface area contributed by atoms with E-state index in [4.69, 9.17) is 0 Å². The molecule has 0 spiro atoms. The molecule has 1 fully saturated rings. The average Bonchev–Trinajstić information content (AvgIpc) is 2.55. The van der Waals surface area contributed by atoms with Crippen molar-refractivity contribution in [2.45, 2.75) is 18.9 Å². The Morgan fingerprint density at radius 3 is 2.83 bits per heavy atom. The molecule has 2 rings (SSSR count). The maximum atomic E-state index is 3.48. The maximum absolute atomic E-state index is 3.48. The Hall–Kier alpha value is 0.430. The molecule has 2 heterocycles. The standard InChI is InChI=1S/C8H10BrNS.ClH/c9-8-4-3-7(11-8)6-2-1-5-10-6;/h3-4,6,10H,1-2,5H2;1H. The third-order valence-corrected chi connectivity index (χ3v) is 3.74. The summed E-state index contributed by atoms with van der Waals surface area (Å²) in [5, 5.41) is 3.48. The van der Waals surface area contributed by atoms with Gasteiger partial charge < -0.3 is 5.32 Å². The Kier molecular flexibility index (Phi) is 4.03. The molecule has 0 aromatic carbocycles. The molecule has 0 bridgehead atoms.